The molecule has 7 heteroatoms. The number of amides is 1. The molecule has 0 spiro atoms. The summed E-state index contributed by atoms with van der Waals surface area (Å²) in [5.41, 5.74) is 3.15. The molecular formula is C20H23BrClN3O2. The molecule has 3 rings (SSSR count). The molecule has 1 amide bonds. The number of rotatable bonds is 5. The van der Waals surface area contributed by atoms with Gasteiger partial charge in [-0.1, -0.05) is 11.6 Å². The standard InChI is InChI=1S/C20H23BrClN3O2/c1-14-11-16(4-5-18(14)25-9-7-24(2)8-10-25)23-20(26)13-27-19-6-3-15(22)12-17(19)21/h3-6,11-12H,7-10,13H2,1-2H3,(H,23,26). The van der Waals surface area contributed by atoms with Crippen LogP contribution in [-0.4, -0.2) is 50.6 Å². The van der Waals surface area contributed by atoms with Crippen LogP contribution in [-0.2, 0) is 4.79 Å². The van der Waals surface area contributed by atoms with E-state index in [1.807, 2.05) is 12.1 Å². The van der Waals surface area contributed by atoms with Gasteiger partial charge in [-0.3, -0.25) is 4.79 Å². The minimum Gasteiger partial charge on any atom is -0.483 e. The Morgan fingerprint density at radius 3 is 2.59 bits per heavy atom. The fraction of sp³-hybridized carbons (Fsp3) is 0.350. The molecule has 0 aliphatic carbocycles. The zero-order valence-corrected chi connectivity index (χ0v) is 17.8. The van der Waals surface area contributed by atoms with Crippen molar-refractivity contribution in [3.63, 3.8) is 0 Å². The molecule has 2 aromatic rings. The lowest BCUT2D eigenvalue weighted by Gasteiger charge is -2.35. The fourth-order valence-corrected chi connectivity index (χ4v) is 3.87. The van der Waals surface area contributed by atoms with Crippen molar-refractivity contribution in [2.45, 2.75) is 6.92 Å². The number of aryl methyl sites for hydroxylation is 1. The van der Waals surface area contributed by atoms with Gasteiger partial charge in [0.15, 0.2) is 6.61 Å². The molecule has 1 heterocycles. The normalized spacial score (nSPS) is 14.9. The van der Waals surface area contributed by atoms with Crippen molar-refractivity contribution in [1.82, 2.24) is 4.90 Å². The topological polar surface area (TPSA) is 44.8 Å². The molecule has 5 nitrogen and oxygen atoms in total. The first-order valence-corrected chi connectivity index (χ1v) is 10.0. The summed E-state index contributed by atoms with van der Waals surface area (Å²) >= 11 is 9.28. The average Bonchev–Trinajstić information content (AvgIpc) is 2.62. The summed E-state index contributed by atoms with van der Waals surface area (Å²) in [5, 5.41) is 3.50. The van der Waals surface area contributed by atoms with Gasteiger partial charge in [0.05, 0.1) is 4.47 Å². The number of nitrogens with one attached hydrogen (secondary N) is 1. The molecule has 144 valence electrons. The smallest absolute Gasteiger partial charge is 0.262 e. The third-order valence-electron chi connectivity index (χ3n) is 4.58. The lowest BCUT2D eigenvalue weighted by atomic mass is 10.1. The van der Waals surface area contributed by atoms with Gasteiger partial charge in [-0.2, -0.15) is 0 Å². The van der Waals surface area contributed by atoms with Crippen molar-refractivity contribution in [2.24, 2.45) is 0 Å². The van der Waals surface area contributed by atoms with Crippen molar-refractivity contribution in [3.05, 3.63) is 51.5 Å². The van der Waals surface area contributed by atoms with E-state index in [1.54, 1.807) is 18.2 Å². The first kappa shape index (κ1) is 20.0. The van der Waals surface area contributed by atoms with E-state index < -0.39 is 0 Å². The molecule has 1 aliphatic heterocycles. The summed E-state index contributed by atoms with van der Waals surface area (Å²) in [6.07, 6.45) is 0. The van der Waals surface area contributed by atoms with E-state index in [1.165, 1.54) is 5.69 Å². The summed E-state index contributed by atoms with van der Waals surface area (Å²) in [7, 11) is 2.15. The van der Waals surface area contributed by atoms with E-state index >= 15 is 0 Å². The predicted molar refractivity (Wildman–Crippen MR) is 114 cm³/mol. The number of ether oxygens (including phenoxy) is 1. The monoisotopic (exact) mass is 451 g/mol. The van der Waals surface area contributed by atoms with Gasteiger partial charge in [0.25, 0.3) is 5.91 Å². The van der Waals surface area contributed by atoms with Crippen LogP contribution < -0.4 is 15.0 Å². The third-order valence-corrected chi connectivity index (χ3v) is 5.43. The highest BCUT2D eigenvalue weighted by molar-refractivity contribution is 9.10. The summed E-state index contributed by atoms with van der Waals surface area (Å²) in [6.45, 7) is 6.18. The minimum absolute atomic E-state index is 0.0699. The van der Waals surface area contributed by atoms with Crippen molar-refractivity contribution in [3.8, 4) is 5.75 Å². The number of halogens is 2. The second-order valence-electron chi connectivity index (χ2n) is 6.70. The summed E-state index contributed by atoms with van der Waals surface area (Å²) < 4.78 is 6.27. The van der Waals surface area contributed by atoms with Gasteiger partial charge in [0.1, 0.15) is 5.75 Å². The zero-order valence-electron chi connectivity index (χ0n) is 15.5. The maximum absolute atomic E-state index is 12.2. The van der Waals surface area contributed by atoms with Gasteiger partial charge in [0.2, 0.25) is 0 Å². The second-order valence-corrected chi connectivity index (χ2v) is 7.99. The molecule has 0 unspecified atom stereocenters. The largest absolute Gasteiger partial charge is 0.483 e. The van der Waals surface area contributed by atoms with E-state index in [2.05, 4.69) is 51.1 Å². The first-order chi connectivity index (χ1) is 12.9. The Morgan fingerprint density at radius 1 is 1.19 bits per heavy atom. The Hall–Kier alpha value is -1.76. The van der Waals surface area contributed by atoms with Gasteiger partial charge in [-0.25, -0.2) is 0 Å². The van der Waals surface area contributed by atoms with Crippen LogP contribution in [0.4, 0.5) is 11.4 Å². The lowest BCUT2D eigenvalue weighted by molar-refractivity contribution is -0.118. The molecule has 0 aromatic heterocycles. The second kappa shape index (κ2) is 8.95. The summed E-state index contributed by atoms with van der Waals surface area (Å²) in [4.78, 5) is 16.9. The van der Waals surface area contributed by atoms with Gasteiger partial charge >= 0.3 is 0 Å². The van der Waals surface area contributed by atoms with E-state index in [-0.39, 0.29) is 12.5 Å². The average molecular weight is 453 g/mol. The highest BCUT2D eigenvalue weighted by atomic mass is 79.9. The van der Waals surface area contributed by atoms with Crippen LogP contribution in [0.3, 0.4) is 0 Å². The number of anilines is 2. The van der Waals surface area contributed by atoms with E-state index in [9.17, 15) is 4.79 Å². The van der Waals surface area contributed by atoms with Crippen molar-refractivity contribution < 1.29 is 9.53 Å². The Kier molecular flexibility index (Phi) is 6.63. The molecule has 0 radical (unpaired) electrons. The highest BCUT2D eigenvalue weighted by Gasteiger charge is 2.16. The quantitative estimate of drug-likeness (QED) is 0.739. The molecule has 1 N–H and O–H groups in total. The van der Waals surface area contributed by atoms with Crippen molar-refractivity contribution >= 4 is 44.8 Å². The number of hydrogen-bond acceptors (Lipinski definition) is 4. The van der Waals surface area contributed by atoms with E-state index in [4.69, 9.17) is 16.3 Å². The molecule has 0 bridgehead atoms. The molecule has 0 atom stereocenters. The summed E-state index contributed by atoms with van der Waals surface area (Å²) in [5.74, 6) is 0.375. The highest BCUT2D eigenvalue weighted by Crippen LogP contribution is 2.28. The van der Waals surface area contributed by atoms with Gasteiger partial charge in [-0.05, 0) is 71.9 Å². The number of carbonyl (C=O) groups is 1. The molecular weight excluding hydrogens is 430 g/mol. The van der Waals surface area contributed by atoms with Crippen LogP contribution in [0.15, 0.2) is 40.9 Å². The van der Waals surface area contributed by atoms with Gasteiger partial charge in [0, 0.05) is 42.6 Å². The Labute approximate surface area is 173 Å². The predicted octanol–water partition coefficient (Wildman–Crippen LogP) is 4.18. The lowest BCUT2D eigenvalue weighted by Crippen LogP contribution is -2.44. The fourth-order valence-electron chi connectivity index (χ4n) is 3.07. The van der Waals surface area contributed by atoms with Gasteiger partial charge in [-0.15, -0.1) is 0 Å². The number of nitrogens with zero attached hydrogens (tertiary/aromatic N) is 2. The van der Waals surface area contributed by atoms with Crippen LogP contribution in [0.1, 0.15) is 5.56 Å². The van der Waals surface area contributed by atoms with Crippen LogP contribution in [0.5, 0.6) is 5.75 Å². The number of likely N-dealkylation sites (N-methyl/N-ethyl adjacent to an activating group) is 1. The van der Waals surface area contributed by atoms with Crippen LogP contribution in [0.2, 0.25) is 5.02 Å². The van der Waals surface area contributed by atoms with Crippen molar-refractivity contribution in [2.75, 3.05) is 50.1 Å². The number of carbonyl (C=O) groups excluding carboxylic acids is 1. The maximum Gasteiger partial charge on any atom is 0.262 e. The molecule has 1 saturated heterocycles. The Morgan fingerprint density at radius 2 is 1.93 bits per heavy atom. The number of benzene rings is 2. The molecule has 0 saturated carbocycles. The Balaban J connectivity index is 1.57. The van der Waals surface area contributed by atoms with E-state index in [0.717, 1.165) is 41.9 Å². The number of piperazine rings is 1. The molecule has 1 aliphatic rings. The molecule has 27 heavy (non-hydrogen) atoms. The number of hydrogen-bond donors (Lipinski definition) is 1. The Bertz CT molecular complexity index is 823. The zero-order chi connectivity index (χ0) is 19.4. The van der Waals surface area contributed by atoms with Crippen LogP contribution in [0.25, 0.3) is 0 Å². The van der Waals surface area contributed by atoms with E-state index in [0.29, 0.717) is 10.8 Å². The van der Waals surface area contributed by atoms with Crippen molar-refractivity contribution in [1.29, 1.82) is 0 Å². The third kappa shape index (κ3) is 5.37. The maximum atomic E-state index is 12.2. The molecule has 2 aromatic carbocycles. The summed E-state index contributed by atoms with van der Waals surface area (Å²) in [6, 6.07) is 11.2. The van der Waals surface area contributed by atoms with Crippen LogP contribution in [0, 0.1) is 6.92 Å². The SMILES string of the molecule is Cc1cc(NC(=O)COc2ccc(Cl)cc2Br)ccc1N1CCN(C)CC1. The van der Waals surface area contributed by atoms with Crippen LogP contribution >= 0.6 is 27.5 Å². The van der Waals surface area contributed by atoms with Gasteiger partial charge < -0.3 is 19.9 Å². The minimum atomic E-state index is -0.205. The molecule has 1 fully saturated rings. The first-order valence-electron chi connectivity index (χ1n) is 8.84.